The van der Waals surface area contributed by atoms with Crippen LogP contribution in [0.2, 0.25) is 0 Å². The van der Waals surface area contributed by atoms with Crippen LogP contribution in [0.3, 0.4) is 0 Å². The number of esters is 1. The number of hydrogen-bond donors (Lipinski definition) is 1. The number of nitrogens with one attached hydrogen (secondary N) is 1. The minimum absolute atomic E-state index is 0.114. The van der Waals surface area contributed by atoms with Crippen LogP contribution >= 0.6 is 11.3 Å². The van der Waals surface area contributed by atoms with Crippen LogP contribution in [-0.2, 0) is 9.53 Å². The molecule has 22 heavy (non-hydrogen) atoms. The van der Waals surface area contributed by atoms with Crippen molar-refractivity contribution < 1.29 is 14.3 Å². The van der Waals surface area contributed by atoms with Gasteiger partial charge in [0.25, 0.3) is 0 Å². The fourth-order valence-corrected chi connectivity index (χ4v) is 3.46. The predicted octanol–water partition coefficient (Wildman–Crippen LogP) is 1.69. The van der Waals surface area contributed by atoms with Gasteiger partial charge in [0.15, 0.2) is 5.82 Å². The lowest BCUT2D eigenvalue weighted by Crippen LogP contribution is -2.36. The molecule has 1 aliphatic heterocycles. The van der Waals surface area contributed by atoms with Crippen LogP contribution in [0, 0.1) is 6.92 Å². The zero-order chi connectivity index (χ0) is 15.9. The molecule has 1 aliphatic rings. The van der Waals surface area contributed by atoms with E-state index in [1.165, 1.54) is 24.8 Å². The molecule has 8 heteroatoms. The Balaban J connectivity index is 2.12. The Bertz CT molecular complexity index is 771. The Hall–Kier alpha value is -2.48. The summed E-state index contributed by atoms with van der Waals surface area (Å²) in [5.41, 5.74) is 2.28. The van der Waals surface area contributed by atoms with Gasteiger partial charge in [-0.2, -0.15) is 0 Å². The molecule has 0 saturated heterocycles. The number of likely N-dealkylation sites (N-methyl/N-ethyl adjacent to an activating group) is 1. The zero-order valence-electron chi connectivity index (χ0n) is 12.3. The van der Waals surface area contributed by atoms with Crippen molar-refractivity contribution in [3.8, 4) is 10.6 Å². The number of amides is 1. The molecule has 2 aromatic rings. The van der Waals surface area contributed by atoms with Gasteiger partial charge in [-0.3, -0.25) is 4.79 Å². The van der Waals surface area contributed by atoms with Crippen molar-refractivity contribution in [3.05, 3.63) is 22.8 Å². The normalized spacial score (nSPS) is 13.6. The quantitative estimate of drug-likeness (QED) is 0.848. The summed E-state index contributed by atoms with van der Waals surface area (Å²) in [6.07, 6.45) is 1.40. The average Bonchev–Trinajstić information content (AvgIpc) is 2.87. The van der Waals surface area contributed by atoms with E-state index in [4.69, 9.17) is 4.74 Å². The highest BCUT2D eigenvalue weighted by atomic mass is 32.1. The minimum Gasteiger partial charge on any atom is -0.465 e. The first-order valence-electron chi connectivity index (χ1n) is 6.56. The second-order valence-electron chi connectivity index (χ2n) is 4.94. The van der Waals surface area contributed by atoms with Crippen LogP contribution in [-0.4, -0.2) is 42.5 Å². The third kappa shape index (κ3) is 2.31. The third-order valence-electron chi connectivity index (χ3n) is 3.36. The number of thiophene rings is 1. The van der Waals surface area contributed by atoms with Crippen molar-refractivity contribution >= 4 is 34.7 Å². The molecule has 1 amide bonds. The van der Waals surface area contributed by atoms with E-state index in [1.807, 2.05) is 20.0 Å². The van der Waals surface area contributed by atoms with Crippen molar-refractivity contribution in [2.75, 3.05) is 30.9 Å². The second-order valence-corrected chi connectivity index (χ2v) is 5.99. The van der Waals surface area contributed by atoms with Gasteiger partial charge >= 0.3 is 5.97 Å². The van der Waals surface area contributed by atoms with Gasteiger partial charge in [0.2, 0.25) is 5.91 Å². The maximum Gasteiger partial charge on any atom is 0.348 e. The van der Waals surface area contributed by atoms with Gasteiger partial charge in [-0.1, -0.05) is 0 Å². The number of aryl methyl sites for hydroxylation is 1. The fourth-order valence-electron chi connectivity index (χ4n) is 2.37. The molecule has 0 saturated carbocycles. The monoisotopic (exact) mass is 318 g/mol. The second kappa shape index (κ2) is 5.38. The van der Waals surface area contributed by atoms with E-state index in [2.05, 4.69) is 15.3 Å². The standard InChI is InChI=1S/C14H14N4O3S/c1-7-4-8(22-12(7)14(20)21-3)10-11-13(16-6-15-10)17-9(19)5-18(11)2/h4,6H,5H2,1-3H3,(H,15,16,17,19). The lowest BCUT2D eigenvalue weighted by Gasteiger charge is -2.27. The number of carbonyl (C=O) groups is 2. The summed E-state index contributed by atoms with van der Waals surface area (Å²) in [5.74, 6) is 0.00464. The van der Waals surface area contributed by atoms with E-state index < -0.39 is 0 Å². The van der Waals surface area contributed by atoms with Gasteiger partial charge in [-0.05, 0) is 18.6 Å². The molecule has 0 aliphatic carbocycles. The number of fused-ring (bicyclic) bond motifs is 1. The summed E-state index contributed by atoms with van der Waals surface area (Å²) in [6.45, 7) is 2.09. The van der Waals surface area contributed by atoms with Crippen LogP contribution in [0.5, 0.6) is 0 Å². The Kier molecular flexibility index (Phi) is 3.53. The molecule has 0 fully saturated rings. The summed E-state index contributed by atoms with van der Waals surface area (Å²) >= 11 is 1.32. The number of anilines is 2. The number of carbonyl (C=O) groups excluding carboxylic acids is 2. The fraction of sp³-hybridized carbons (Fsp3) is 0.286. The van der Waals surface area contributed by atoms with Gasteiger partial charge in [0.05, 0.1) is 18.5 Å². The average molecular weight is 318 g/mol. The first kappa shape index (κ1) is 14.5. The molecule has 0 radical (unpaired) electrons. The van der Waals surface area contributed by atoms with Gasteiger partial charge in [0, 0.05) is 7.05 Å². The summed E-state index contributed by atoms with van der Waals surface area (Å²) in [4.78, 5) is 35.0. The van der Waals surface area contributed by atoms with E-state index >= 15 is 0 Å². The molecule has 3 heterocycles. The summed E-state index contributed by atoms with van der Waals surface area (Å²) in [7, 11) is 3.17. The summed E-state index contributed by atoms with van der Waals surface area (Å²) in [6, 6.07) is 1.89. The van der Waals surface area contributed by atoms with Crippen LogP contribution in [0.25, 0.3) is 10.6 Å². The zero-order valence-corrected chi connectivity index (χ0v) is 13.2. The van der Waals surface area contributed by atoms with Crippen molar-refractivity contribution in [1.82, 2.24) is 9.97 Å². The van der Waals surface area contributed by atoms with Gasteiger partial charge in [-0.25, -0.2) is 14.8 Å². The molecular weight excluding hydrogens is 304 g/mol. The van der Waals surface area contributed by atoms with Crippen molar-refractivity contribution in [3.63, 3.8) is 0 Å². The number of aromatic nitrogens is 2. The predicted molar refractivity (Wildman–Crippen MR) is 83.3 cm³/mol. The Morgan fingerprint density at radius 3 is 2.95 bits per heavy atom. The van der Waals surface area contributed by atoms with E-state index in [0.29, 0.717) is 16.4 Å². The van der Waals surface area contributed by atoms with E-state index in [1.54, 1.807) is 4.90 Å². The Morgan fingerprint density at radius 1 is 1.45 bits per heavy atom. The Labute approximate surface area is 130 Å². The van der Waals surface area contributed by atoms with E-state index in [-0.39, 0.29) is 18.4 Å². The van der Waals surface area contributed by atoms with Crippen LogP contribution in [0.4, 0.5) is 11.5 Å². The van der Waals surface area contributed by atoms with Crippen LogP contribution in [0.15, 0.2) is 12.4 Å². The first-order chi connectivity index (χ1) is 10.5. The highest BCUT2D eigenvalue weighted by Crippen LogP contribution is 2.39. The maximum absolute atomic E-state index is 11.8. The summed E-state index contributed by atoms with van der Waals surface area (Å²) in [5, 5.41) is 2.74. The van der Waals surface area contributed by atoms with Crippen molar-refractivity contribution in [2.24, 2.45) is 0 Å². The van der Waals surface area contributed by atoms with Gasteiger partial charge in [0.1, 0.15) is 22.6 Å². The number of rotatable bonds is 2. The molecule has 0 unspecified atom stereocenters. The SMILES string of the molecule is COC(=O)c1sc(-c2ncnc3c2N(C)CC(=O)N3)cc1C. The topological polar surface area (TPSA) is 84.4 Å². The molecule has 0 spiro atoms. The number of hydrogen-bond acceptors (Lipinski definition) is 7. The van der Waals surface area contributed by atoms with E-state index in [9.17, 15) is 9.59 Å². The minimum atomic E-state index is -0.363. The first-order valence-corrected chi connectivity index (χ1v) is 7.38. The molecule has 7 nitrogen and oxygen atoms in total. The van der Waals surface area contributed by atoms with Gasteiger partial charge < -0.3 is 15.0 Å². The summed E-state index contributed by atoms with van der Waals surface area (Å²) < 4.78 is 4.79. The molecule has 114 valence electrons. The molecule has 0 aromatic carbocycles. The smallest absolute Gasteiger partial charge is 0.348 e. The van der Waals surface area contributed by atoms with E-state index in [0.717, 1.165) is 16.1 Å². The number of nitrogens with zero attached hydrogens (tertiary/aromatic N) is 3. The molecule has 0 atom stereocenters. The lowest BCUT2D eigenvalue weighted by molar-refractivity contribution is -0.115. The maximum atomic E-state index is 11.8. The molecule has 0 bridgehead atoms. The largest absolute Gasteiger partial charge is 0.465 e. The van der Waals surface area contributed by atoms with Crippen molar-refractivity contribution in [2.45, 2.75) is 6.92 Å². The number of methoxy groups -OCH3 is 1. The number of ether oxygens (including phenoxy) is 1. The Morgan fingerprint density at radius 2 is 2.23 bits per heavy atom. The van der Waals surface area contributed by atoms with Crippen molar-refractivity contribution in [1.29, 1.82) is 0 Å². The third-order valence-corrected chi connectivity index (χ3v) is 4.59. The molecule has 1 N–H and O–H groups in total. The van der Waals surface area contributed by atoms with Gasteiger partial charge in [-0.15, -0.1) is 11.3 Å². The van der Waals surface area contributed by atoms with Crippen LogP contribution in [0.1, 0.15) is 15.2 Å². The van der Waals surface area contributed by atoms with Crippen LogP contribution < -0.4 is 10.2 Å². The highest BCUT2D eigenvalue weighted by Gasteiger charge is 2.26. The lowest BCUT2D eigenvalue weighted by atomic mass is 10.2. The molecule has 2 aromatic heterocycles. The molecule has 3 rings (SSSR count). The molecular formula is C14H14N4O3S. The highest BCUT2D eigenvalue weighted by molar-refractivity contribution is 7.17.